The van der Waals surface area contributed by atoms with Gasteiger partial charge < -0.3 is 9.47 Å². The van der Waals surface area contributed by atoms with Gasteiger partial charge in [0.05, 0.1) is 0 Å². The van der Waals surface area contributed by atoms with E-state index in [4.69, 9.17) is 9.47 Å². The lowest BCUT2D eigenvalue weighted by Gasteiger charge is -2.32. The summed E-state index contributed by atoms with van der Waals surface area (Å²) in [6, 6.07) is 0. The Hall–Kier alpha value is -1.10. The van der Waals surface area contributed by atoms with Gasteiger partial charge in [0.25, 0.3) is 0 Å². The van der Waals surface area contributed by atoms with Crippen molar-refractivity contribution in [1.29, 1.82) is 0 Å². The van der Waals surface area contributed by atoms with Crippen LogP contribution in [0.25, 0.3) is 0 Å². The maximum absolute atomic E-state index is 11.7. The van der Waals surface area contributed by atoms with Crippen LogP contribution in [0.3, 0.4) is 0 Å². The van der Waals surface area contributed by atoms with Crippen LogP contribution in [0.1, 0.15) is 111 Å². The van der Waals surface area contributed by atoms with Gasteiger partial charge in [0.1, 0.15) is 0 Å². The second kappa shape index (κ2) is 16.1. The summed E-state index contributed by atoms with van der Waals surface area (Å²) in [6.45, 7) is 8.21. The zero-order valence-corrected chi connectivity index (χ0v) is 17.5. The van der Waals surface area contributed by atoms with Crippen LogP contribution in [0.4, 0.5) is 0 Å². The van der Waals surface area contributed by atoms with Gasteiger partial charge >= 0.3 is 17.8 Å². The van der Waals surface area contributed by atoms with Gasteiger partial charge in [-0.1, -0.05) is 85.5 Å². The summed E-state index contributed by atoms with van der Waals surface area (Å²) in [4.78, 5) is 23.4. The fourth-order valence-electron chi connectivity index (χ4n) is 2.77. The fraction of sp³-hybridized carbons (Fsp3) is 0.905. The highest BCUT2D eigenvalue weighted by molar-refractivity contribution is 5.71. The zero-order chi connectivity index (χ0) is 19.7. The maximum atomic E-state index is 11.7. The van der Waals surface area contributed by atoms with Gasteiger partial charge in [-0.2, -0.15) is 0 Å². The summed E-state index contributed by atoms with van der Waals surface area (Å²) in [5, 5.41) is 3.15. The number of ether oxygens (including phenoxy) is 2. The Bertz CT molecular complexity index is 353. The minimum Gasteiger partial charge on any atom is -0.408 e. The maximum Gasteiger partial charge on any atom is 0.317 e. The molecule has 0 rings (SSSR count). The van der Waals surface area contributed by atoms with E-state index in [9.17, 15) is 9.59 Å². The first kappa shape index (κ1) is 24.9. The quantitative estimate of drug-likeness (QED) is 0.209. The predicted octanol–water partition coefficient (Wildman–Crippen LogP) is 5.47. The molecule has 154 valence electrons. The lowest BCUT2D eigenvalue weighted by molar-refractivity contribution is -0.242. The van der Waals surface area contributed by atoms with E-state index in [-0.39, 0.29) is 24.8 Å². The highest BCUT2D eigenvalue weighted by Crippen LogP contribution is 2.17. The molecule has 5 heteroatoms. The van der Waals surface area contributed by atoms with Crippen molar-refractivity contribution >= 4 is 11.9 Å². The molecular weight excluding hydrogens is 330 g/mol. The molecule has 0 fully saturated rings. The van der Waals surface area contributed by atoms with Crippen LogP contribution in [0.2, 0.25) is 0 Å². The molecule has 0 spiro atoms. The van der Waals surface area contributed by atoms with Crippen LogP contribution in [0.15, 0.2) is 0 Å². The third-order valence-corrected chi connectivity index (χ3v) is 4.52. The van der Waals surface area contributed by atoms with E-state index in [0.29, 0.717) is 13.0 Å². The molecule has 0 aromatic heterocycles. The van der Waals surface area contributed by atoms with Gasteiger partial charge in [0.15, 0.2) is 0 Å². The highest BCUT2D eigenvalue weighted by Gasteiger charge is 2.35. The predicted molar refractivity (Wildman–Crippen MR) is 106 cm³/mol. The van der Waals surface area contributed by atoms with Crippen molar-refractivity contribution in [3.05, 3.63) is 0 Å². The molecule has 0 bridgehead atoms. The van der Waals surface area contributed by atoms with Gasteiger partial charge in [-0.05, 0) is 6.42 Å². The molecule has 0 saturated carbocycles. The van der Waals surface area contributed by atoms with Crippen molar-refractivity contribution in [2.24, 2.45) is 0 Å². The van der Waals surface area contributed by atoms with Crippen LogP contribution in [0.5, 0.6) is 0 Å². The minimum absolute atomic E-state index is 0.255. The summed E-state index contributed by atoms with van der Waals surface area (Å²) in [5.41, 5.74) is 0. The molecule has 0 atom stereocenters. The molecule has 0 aliphatic heterocycles. The summed E-state index contributed by atoms with van der Waals surface area (Å²) in [6.07, 6.45) is 13.6. The molecule has 0 aliphatic rings. The molecule has 0 unspecified atom stereocenters. The highest BCUT2D eigenvalue weighted by atomic mass is 16.7. The molecule has 1 N–H and O–H groups in total. The van der Waals surface area contributed by atoms with Crippen molar-refractivity contribution in [3.63, 3.8) is 0 Å². The summed E-state index contributed by atoms with van der Waals surface area (Å²) >= 11 is 0. The number of unbranched alkanes of at least 4 members (excludes halogenated alkanes) is 9. The molecule has 0 heterocycles. The number of carbonyl (C=O) groups excluding carboxylic acids is 2. The number of hydrogen-bond acceptors (Lipinski definition) is 5. The third kappa shape index (κ3) is 12.3. The molecular formula is C21H41NO4. The Balaban J connectivity index is 4.05. The molecule has 0 aromatic carbocycles. The van der Waals surface area contributed by atoms with Crippen LogP contribution >= 0.6 is 0 Å². The third-order valence-electron chi connectivity index (χ3n) is 4.52. The Morgan fingerprint density at radius 1 is 0.692 bits per heavy atom. The molecule has 0 aliphatic carbocycles. The zero-order valence-electron chi connectivity index (χ0n) is 17.5. The average molecular weight is 372 g/mol. The Morgan fingerprint density at radius 2 is 1.12 bits per heavy atom. The van der Waals surface area contributed by atoms with E-state index in [2.05, 4.69) is 12.2 Å². The SMILES string of the molecule is CCCCCCCCCCCCNC(CC)(OC(=O)CC)OC(=O)CC. The van der Waals surface area contributed by atoms with E-state index < -0.39 is 5.91 Å². The molecule has 26 heavy (non-hydrogen) atoms. The molecule has 0 saturated heterocycles. The van der Waals surface area contributed by atoms with Crippen LogP contribution < -0.4 is 5.32 Å². The van der Waals surface area contributed by atoms with Crippen LogP contribution in [0, 0.1) is 0 Å². The van der Waals surface area contributed by atoms with Gasteiger partial charge in [0, 0.05) is 25.8 Å². The van der Waals surface area contributed by atoms with Crippen molar-refractivity contribution in [3.8, 4) is 0 Å². The Morgan fingerprint density at radius 3 is 1.50 bits per heavy atom. The standard InChI is InChI=1S/C21H41NO4/c1-5-9-10-11-12-13-14-15-16-17-18-22-21(8-4,25-19(23)6-2)26-20(24)7-3/h22H,5-18H2,1-4H3. The van der Waals surface area contributed by atoms with E-state index in [1.807, 2.05) is 6.92 Å². The first-order valence-corrected chi connectivity index (χ1v) is 10.7. The lowest BCUT2D eigenvalue weighted by Crippen LogP contribution is -2.52. The van der Waals surface area contributed by atoms with Gasteiger partial charge in [-0.15, -0.1) is 0 Å². The van der Waals surface area contributed by atoms with E-state index in [1.54, 1.807) is 13.8 Å². The fourth-order valence-corrected chi connectivity index (χ4v) is 2.77. The van der Waals surface area contributed by atoms with Crippen molar-refractivity contribution in [1.82, 2.24) is 5.32 Å². The van der Waals surface area contributed by atoms with Gasteiger partial charge in [0.2, 0.25) is 0 Å². The Labute approximate surface area is 160 Å². The normalized spacial score (nSPS) is 11.4. The average Bonchev–Trinajstić information content (AvgIpc) is 2.65. The molecule has 0 amide bonds. The minimum atomic E-state index is -1.32. The first-order valence-electron chi connectivity index (χ1n) is 10.7. The lowest BCUT2D eigenvalue weighted by atomic mass is 10.1. The molecule has 0 aromatic rings. The molecule has 5 nitrogen and oxygen atoms in total. The van der Waals surface area contributed by atoms with Crippen molar-refractivity contribution in [2.75, 3.05) is 6.54 Å². The number of hydrogen-bond donors (Lipinski definition) is 1. The van der Waals surface area contributed by atoms with Gasteiger partial charge in [-0.25, -0.2) is 5.32 Å². The van der Waals surface area contributed by atoms with Gasteiger partial charge in [-0.3, -0.25) is 9.59 Å². The number of carbonyl (C=O) groups is 2. The first-order chi connectivity index (χ1) is 12.5. The van der Waals surface area contributed by atoms with Crippen molar-refractivity contribution in [2.45, 2.75) is 117 Å². The van der Waals surface area contributed by atoms with E-state index >= 15 is 0 Å². The second-order valence-corrected chi connectivity index (χ2v) is 6.87. The summed E-state index contributed by atoms with van der Waals surface area (Å²) < 4.78 is 10.8. The largest absolute Gasteiger partial charge is 0.408 e. The topological polar surface area (TPSA) is 64.6 Å². The summed E-state index contributed by atoms with van der Waals surface area (Å²) in [5.74, 6) is -2.06. The van der Waals surface area contributed by atoms with Crippen LogP contribution in [-0.2, 0) is 19.1 Å². The number of rotatable bonds is 17. The monoisotopic (exact) mass is 371 g/mol. The number of nitrogens with one attached hydrogen (secondary N) is 1. The van der Waals surface area contributed by atoms with Crippen LogP contribution in [-0.4, -0.2) is 24.4 Å². The Kier molecular flexibility index (Phi) is 15.4. The number of esters is 2. The van der Waals surface area contributed by atoms with E-state index in [0.717, 1.165) is 12.8 Å². The molecule has 0 radical (unpaired) electrons. The van der Waals surface area contributed by atoms with Crippen molar-refractivity contribution < 1.29 is 19.1 Å². The smallest absolute Gasteiger partial charge is 0.317 e. The van der Waals surface area contributed by atoms with E-state index in [1.165, 1.54) is 51.4 Å². The summed E-state index contributed by atoms with van der Waals surface area (Å²) in [7, 11) is 0. The second-order valence-electron chi connectivity index (χ2n) is 6.87.